The molecular weight excluding hydrogens is 278 g/mol. The van der Waals surface area contributed by atoms with Crippen molar-refractivity contribution in [1.82, 2.24) is 5.32 Å². The maximum absolute atomic E-state index is 12.2. The first kappa shape index (κ1) is 15.6. The average Bonchev–Trinajstić information content (AvgIpc) is 2.55. The Hall–Kier alpha value is -2.82. The lowest BCUT2D eigenvalue weighted by Gasteiger charge is -2.09. The molecule has 3 amide bonds. The van der Waals surface area contributed by atoms with Gasteiger partial charge in [0.15, 0.2) is 0 Å². The normalized spacial score (nSPS) is 9.91. The van der Waals surface area contributed by atoms with Gasteiger partial charge in [-0.25, -0.2) is 4.79 Å². The van der Waals surface area contributed by atoms with E-state index in [1.165, 1.54) is 5.56 Å². The number of rotatable bonds is 4. The molecule has 0 spiro atoms. The van der Waals surface area contributed by atoms with Gasteiger partial charge in [0, 0.05) is 24.0 Å². The molecule has 0 aromatic heterocycles. The van der Waals surface area contributed by atoms with Crippen LogP contribution in [0.4, 0.5) is 16.2 Å². The summed E-state index contributed by atoms with van der Waals surface area (Å²) in [6, 6.07) is 14.2. The molecule has 5 heteroatoms. The van der Waals surface area contributed by atoms with Crippen LogP contribution >= 0.6 is 0 Å². The maximum Gasteiger partial charge on any atom is 0.318 e. The Morgan fingerprint density at radius 2 is 1.59 bits per heavy atom. The Balaban J connectivity index is 2.07. The van der Waals surface area contributed by atoms with Gasteiger partial charge in [0.05, 0.1) is 0 Å². The number of carbonyl (C=O) groups excluding carboxylic acids is 2. The second-order valence-corrected chi connectivity index (χ2v) is 4.79. The summed E-state index contributed by atoms with van der Waals surface area (Å²) in [5.74, 6) is -0.181. The fourth-order valence-electron chi connectivity index (χ4n) is 1.96. The number of benzene rings is 2. The van der Waals surface area contributed by atoms with Crippen LogP contribution < -0.4 is 16.0 Å². The van der Waals surface area contributed by atoms with Crippen molar-refractivity contribution in [3.8, 4) is 0 Å². The van der Waals surface area contributed by atoms with Gasteiger partial charge in [-0.1, -0.05) is 25.1 Å². The summed E-state index contributed by atoms with van der Waals surface area (Å²) >= 11 is 0. The fraction of sp³-hybridized carbons (Fsp3) is 0.176. The lowest BCUT2D eigenvalue weighted by Crippen LogP contribution is -2.24. The molecule has 0 saturated carbocycles. The van der Waals surface area contributed by atoms with Crippen molar-refractivity contribution < 1.29 is 9.59 Å². The van der Waals surface area contributed by atoms with E-state index in [4.69, 9.17) is 0 Å². The molecule has 0 bridgehead atoms. The van der Waals surface area contributed by atoms with E-state index in [0.29, 0.717) is 16.9 Å². The Labute approximate surface area is 129 Å². The predicted molar refractivity (Wildman–Crippen MR) is 88.3 cm³/mol. The highest BCUT2D eigenvalue weighted by molar-refractivity contribution is 6.04. The third-order valence-electron chi connectivity index (χ3n) is 3.23. The van der Waals surface area contributed by atoms with Crippen LogP contribution in [-0.4, -0.2) is 19.0 Å². The topological polar surface area (TPSA) is 70.2 Å². The summed E-state index contributed by atoms with van der Waals surface area (Å²) in [6.45, 7) is 2.07. The van der Waals surface area contributed by atoms with E-state index < -0.39 is 0 Å². The van der Waals surface area contributed by atoms with Crippen LogP contribution in [0.25, 0.3) is 0 Å². The smallest absolute Gasteiger partial charge is 0.318 e. The molecule has 0 saturated heterocycles. The molecule has 2 aromatic carbocycles. The molecule has 0 aliphatic carbocycles. The highest BCUT2D eigenvalue weighted by atomic mass is 16.2. The molecular formula is C17H19N3O2. The number of hydrogen-bond donors (Lipinski definition) is 3. The van der Waals surface area contributed by atoms with Crippen LogP contribution in [0.15, 0.2) is 48.5 Å². The minimum Gasteiger partial charge on any atom is -0.341 e. The first-order valence-corrected chi connectivity index (χ1v) is 7.11. The van der Waals surface area contributed by atoms with Gasteiger partial charge in [-0.05, 0) is 42.3 Å². The Kier molecular flexibility index (Phi) is 5.14. The first-order chi connectivity index (χ1) is 10.6. The molecule has 2 aromatic rings. The minimum atomic E-state index is -0.307. The molecule has 114 valence electrons. The molecule has 22 heavy (non-hydrogen) atoms. The van der Waals surface area contributed by atoms with E-state index in [2.05, 4.69) is 22.9 Å². The SMILES string of the molecule is CCc1ccc(C(=O)Nc2cccc(NC(=O)NC)c2)cc1. The van der Waals surface area contributed by atoms with E-state index in [-0.39, 0.29) is 11.9 Å². The molecule has 2 rings (SSSR count). The van der Waals surface area contributed by atoms with Crippen LogP contribution in [0.2, 0.25) is 0 Å². The molecule has 0 radical (unpaired) electrons. The number of urea groups is 1. The summed E-state index contributed by atoms with van der Waals surface area (Å²) in [7, 11) is 1.54. The Morgan fingerprint density at radius 3 is 2.18 bits per heavy atom. The number of carbonyl (C=O) groups is 2. The van der Waals surface area contributed by atoms with Gasteiger partial charge in [0.2, 0.25) is 0 Å². The Bertz CT molecular complexity index is 666. The van der Waals surface area contributed by atoms with Crippen molar-refractivity contribution in [2.45, 2.75) is 13.3 Å². The quantitative estimate of drug-likeness (QED) is 0.810. The summed E-state index contributed by atoms with van der Waals surface area (Å²) in [5, 5.41) is 7.95. The van der Waals surface area contributed by atoms with E-state index >= 15 is 0 Å². The molecule has 5 nitrogen and oxygen atoms in total. The van der Waals surface area contributed by atoms with Crippen molar-refractivity contribution in [3.05, 3.63) is 59.7 Å². The molecule has 0 aliphatic rings. The molecule has 3 N–H and O–H groups in total. The maximum atomic E-state index is 12.2. The van der Waals surface area contributed by atoms with Gasteiger partial charge in [0.25, 0.3) is 5.91 Å². The van der Waals surface area contributed by atoms with Crippen molar-refractivity contribution in [1.29, 1.82) is 0 Å². The van der Waals surface area contributed by atoms with Crippen LogP contribution in [0.5, 0.6) is 0 Å². The highest BCUT2D eigenvalue weighted by Gasteiger charge is 2.07. The van der Waals surface area contributed by atoms with E-state index in [9.17, 15) is 9.59 Å². The van der Waals surface area contributed by atoms with Crippen LogP contribution in [0.1, 0.15) is 22.8 Å². The lowest BCUT2D eigenvalue weighted by atomic mass is 10.1. The van der Waals surface area contributed by atoms with Gasteiger partial charge in [-0.3, -0.25) is 4.79 Å². The van der Waals surface area contributed by atoms with Crippen molar-refractivity contribution in [2.75, 3.05) is 17.7 Å². The van der Waals surface area contributed by atoms with Gasteiger partial charge in [-0.15, -0.1) is 0 Å². The number of hydrogen-bond acceptors (Lipinski definition) is 2. The van der Waals surface area contributed by atoms with Crippen LogP contribution in [0.3, 0.4) is 0 Å². The summed E-state index contributed by atoms with van der Waals surface area (Å²) in [5.41, 5.74) is 3.02. The molecule has 0 heterocycles. The monoisotopic (exact) mass is 297 g/mol. The standard InChI is InChI=1S/C17H19N3O2/c1-3-12-7-9-13(10-8-12)16(21)19-14-5-4-6-15(11-14)20-17(22)18-2/h4-11H,3H2,1-2H3,(H,19,21)(H2,18,20,22). The zero-order valence-corrected chi connectivity index (χ0v) is 12.6. The Morgan fingerprint density at radius 1 is 0.955 bits per heavy atom. The van der Waals surface area contributed by atoms with E-state index in [1.54, 1.807) is 43.4 Å². The number of amides is 3. The number of anilines is 2. The third-order valence-corrected chi connectivity index (χ3v) is 3.23. The average molecular weight is 297 g/mol. The summed E-state index contributed by atoms with van der Waals surface area (Å²) in [4.78, 5) is 23.5. The highest BCUT2D eigenvalue weighted by Crippen LogP contribution is 2.16. The van der Waals surface area contributed by atoms with Gasteiger partial charge in [-0.2, -0.15) is 0 Å². The second kappa shape index (κ2) is 7.26. The van der Waals surface area contributed by atoms with Crippen LogP contribution in [0, 0.1) is 0 Å². The van der Waals surface area contributed by atoms with E-state index in [0.717, 1.165) is 6.42 Å². The summed E-state index contributed by atoms with van der Waals surface area (Å²) < 4.78 is 0. The molecule has 0 atom stereocenters. The number of nitrogens with one attached hydrogen (secondary N) is 3. The second-order valence-electron chi connectivity index (χ2n) is 4.79. The van der Waals surface area contributed by atoms with Crippen molar-refractivity contribution in [3.63, 3.8) is 0 Å². The zero-order chi connectivity index (χ0) is 15.9. The van der Waals surface area contributed by atoms with Gasteiger partial charge in [0.1, 0.15) is 0 Å². The third kappa shape index (κ3) is 4.09. The molecule has 0 fully saturated rings. The molecule has 0 unspecified atom stereocenters. The minimum absolute atomic E-state index is 0.181. The summed E-state index contributed by atoms with van der Waals surface area (Å²) in [6.07, 6.45) is 0.940. The van der Waals surface area contributed by atoms with E-state index in [1.807, 2.05) is 12.1 Å². The number of aryl methyl sites for hydroxylation is 1. The van der Waals surface area contributed by atoms with Gasteiger partial charge >= 0.3 is 6.03 Å². The predicted octanol–water partition coefficient (Wildman–Crippen LogP) is 3.25. The van der Waals surface area contributed by atoms with Gasteiger partial charge < -0.3 is 16.0 Å². The van der Waals surface area contributed by atoms with Crippen LogP contribution in [-0.2, 0) is 6.42 Å². The molecule has 0 aliphatic heterocycles. The first-order valence-electron chi connectivity index (χ1n) is 7.11. The fourth-order valence-corrected chi connectivity index (χ4v) is 1.96. The zero-order valence-electron chi connectivity index (χ0n) is 12.6. The largest absolute Gasteiger partial charge is 0.341 e. The van der Waals surface area contributed by atoms with Crippen molar-refractivity contribution in [2.24, 2.45) is 0 Å². The lowest BCUT2D eigenvalue weighted by molar-refractivity contribution is 0.102. The van der Waals surface area contributed by atoms with Crippen molar-refractivity contribution >= 4 is 23.3 Å².